The number of aromatic nitrogens is 2. The number of hydrogen-bond acceptors (Lipinski definition) is 2. The molecule has 0 aliphatic heterocycles. The Balaban J connectivity index is 3.02. The van der Waals surface area contributed by atoms with Gasteiger partial charge in [0.25, 0.3) is 0 Å². The zero-order valence-corrected chi connectivity index (χ0v) is 6.36. The number of rotatable bonds is 2. The molecule has 1 aromatic rings. The monoisotopic (exact) mass is 154 g/mol. The Morgan fingerprint density at radius 1 is 1.73 bits per heavy atom. The maximum Gasteiger partial charge on any atom is 0.246 e. The van der Waals surface area contributed by atoms with Gasteiger partial charge in [-0.2, -0.15) is 0 Å². The third-order valence-electron chi connectivity index (χ3n) is 1.41. The van der Waals surface area contributed by atoms with E-state index in [1.54, 1.807) is 0 Å². The summed E-state index contributed by atoms with van der Waals surface area (Å²) in [5.74, 6) is 0. The average molecular weight is 154 g/mol. The molecule has 0 unspecified atom stereocenters. The molecule has 1 rings (SSSR count). The van der Waals surface area contributed by atoms with Crippen molar-refractivity contribution in [3.05, 3.63) is 34.4 Å². The van der Waals surface area contributed by atoms with Gasteiger partial charge in [0, 0.05) is 4.91 Å². The van der Waals surface area contributed by atoms with E-state index >= 15 is 0 Å². The topological polar surface area (TPSA) is 51.0 Å². The van der Waals surface area contributed by atoms with Crippen molar-refractivity contribution in [1.29, 1.82) is 0 Å². The lowest BCUT2D eigenvalue weighted by molar-refractivity contribution is -0.496. The highest BCUT2D eigenvalue weighted by Gasteiger charge is 1.98. The highest BCUT2D eigenvalue weighted by Crippen LogP contribution is 1.97. The predicted molar refractivity (Wildman–Crippen MR) is 40.6 cm³/mol. The second-order valence-electron chi connectivity index (χ2n) is 2.35. The first-order valence-electron chi connectivity index (χ1n) is 3.55. The van der Waals surface area contributed by atoms with Gasteiger partial charge in [-0.15, -0.1) is 0 Å². The standard InChI is InChI=1S/C7H10N2O2/c1-2-3-7-6-8(10)4-5-9(7)11/h4-6H,2-3H2,1H3. The Morgan fingerprint density at radius 3 is 3.09 bits per heavy atom. The molecular formula is C7H10N2O2. The molecular weight excluding hydrogens is 144 g/mol. The van der Waals surface area contributed by atoms with Crippen LogP contribution >= 0.6 is 0 Å². The highest BCUT2D eigenvalue weighted by atomic mass is 16.5. The molecule has 0 N–H and O–H groups in total. The van der Waals surface area contributed by atoms with E-state index in [0.717, 1.165) is 11.2 Å². The van der Waals surface area contributed by atoms with E-state index in [9.17, 15) is 10.1 Å². The van der Waals surface area contributed by atoms with Gasteiger partial charge in [-0.3, -0.25) is 0 Å². The van der Waals surface area contributed by atoms with Crippen molar-refractivity contribution < 1.29 is 4.43 Å². The van der Waals surface area contributed by atoms with Crippen LogP contribution in [0.5, 0.6) is 0 Å². The fourth-order valence-electron chi connectivity index (χ4n) is 0.900. The Hall–Kier alpha value is -1.32. The van der Waals surface area contributed by atoms with Crippen molar-refractivity contribution in [2.75, 3.05) is 0 Å². The van der Waals surface area contributed by atoms with Crippen LogP contribution in [0.1, 0.15) is 19.0 Å². The molecule has 4 heteroatoms. The van der Waals surface area contributed by atoms with Crippen LogP contribution in [0.4, 0.5) is 0 Å². The first-order chi connectivity index (χ1) is 5.24. The third kappa shape index (κ3) is 1.80. The Morgan fingerprint density at radius 2 is 2.45 bits per heavy atom. The van der Waals surface area contributed by atoms with Crippen LogP contribution in [0.2, 0.25) is 0 Å². The average Bonchev–Trinajstić information content (AvgIpc) is 1.98. The van der Waals surface area contributed by atoms with Gasteiger partial charge in [-0.1, -0.05) is 13.3 Å². The minimum absolute atomic E-state index is 0.519. The van der Waals surface area contributed by atoms with Crippen molar-refractivity contribution in [3.8, 4) is 0 Å². The van der Waals surface area contributed by atoms with Crippen LogP contribution in [-0.2, 0) is 6.42 Å². The molecule has 1 aromatic heterocycles. The minimum atomic E-state index is 0.519. The fourth-order valence-corrected chi connectivity index (χ4v) is 0.900. The molecule has 0 aliphatic rings. The van der Waals surface area contributed by atoms with Gasteiger partial charge in [0.15, 0.2) is 0 Å². The van der Waals surface area contributed by atoms with E-state index in [2.05, 4.69) is 0 Å². The first kappa shape index (κ1) is 7.78. The van der Waals surface area contributed by atoms with Crippen LogP contribution in [-0.4, -0.2) is 4.73 Å². The van der Waals surface area contributed by atoms with E-state index in [-0.39, 0.29) is 0 Å². The molecule has 0 aliphatic carbocycles. The van der Waals surface area contributed by atoms with Crippen LogP contribution in [0.3, 0.4) is 0 Å². The van der Waals surface area contributed by atoms with E-state index in [4.69, 9.17) is 0 Å². The lowest BCUT2D eigenvalue weighted by atomic mass is 10.3. The zero-order valence-electron chi connectivity index (χ0n) is 6.36. The third-order valence-corrected chi connectivity index (χ3v) is 1.41. The molecule has 0 spiro atoms. The van der Waals surface area contributed by atoms with Crippen molar-refractivity contribution in [2.45, 2.75) is 19.8 Å². The molecule has 0 saturated carbocycles. The van der Waals surface area contributed by atoms with Gasteiger partial charge in [-0.05, 0) is 6.42 Å². The zero-order chi connectivity index (χ0) is 8.27. The van der Waals surface area contributed by atoms with Gasteiger partial charge >= 0.3 is 0 Å². The highest BCUT2D eigenvalue weighted by molar-refractivity contribution is 4.96. The Kier molecular flexibility index (Phi) is 2.25. The Bertz CT molecular complexity index is 293. The van der Waals surface area contributed by atoms with E-state index in [0.29, 0.717) is 16.5 Å². The summed E-state index contributed by atoms with van der Waals surface area (Å²) in [6, 6.07) is 0. The number of nitrogens with zero attached hydrogens (tertiary/aromatic N) is 2. The number of aryl methyl sites for hydroxylation is 1. The smallest absolute Gasteiger partial charge is 0.246 e. The lowest BCUT2D eigenvalue weighted by Gasteiger charge is -2.11. The lowest BCUT2D eigenvalue weighted by Crippen LogP contribution is -2.16. The molecule has 1 heterocycles. The normalized spacial score (nSPS) is 9.91. The molecule has 4 nitrogen and oxygen atoms in total. The summed E-state index contributed by atoms with van der Waals surface area (Å²) in [7, 11) is 0. The molecule has 0 amide bonds. The SMILES string of the molecule is CCCc1c[n+](=O)ccn1[O-]. The second kappa shape index (κ2) is 3.18. The van der Waals surface area contributed by atoms with Crippen LogP contribution in [0, 0.1) is 10.1 Å². The van der Waals surface area contributed by atoms with Crippen molar-refractivity contribution in [3.63, 3.8) is 0 Å². The maximum atomic E-state index is 10.9. The minimum Gasteiger partial charge on any atom is -0.805 e. The molecule has 60 valence electrons. The molecule has 11 heavy (non-hydrogen) atoms. The van der Waals surface area contributed by atoms with Crippen molar-refractivity contribution in [1.82, 2.24) is 4.73 Å². The molecule has 0 fully saturated rings. The van der Waals surface area contributed by atoms with E-state index < -0.39 is 0 Å². The Labute approximate surface area is 64.3 Å². The number of hydrogen-bond donors (Lipinski definition) is 0. The fraction of sp³-hybridized carbons (Fsp3) is 0.429. The van der Waals surface area contributed by atoms with Crippen LogP contribution < -0.4 is 4.43 Å². The molecule has 0 bridgehead atoms. The summed E-state index contributed by atoms with van der Waals surface area (Å²) in [5, 5.41) is 10.9. The molecule has 0 atom stereocenters. The van der Waals surface area contributed by atoms with Crippen LogP contribution in [0.25, 0.3) is 0 Å². The summed E-state index contributed by atoms with van der Waals surface area (Å²) in [4.78, 5) is 10.7. The largest absolute Gasteiger partial charge is 0.805 e. The summed E-state index contributed by atoms with van der Waals surface area (Å²) in [6.07, 6.45) is 5.22. The maximum absolute atomic E-state index is 10.9. The molecule has 0 saturated heterocycles. The van der Waals surface area contributed by atoms with Gasteiger partial charge in [0.2, 0.25) is 12.4 Å². The van der Waals surface area contributed by atoms with E-state index in [1.807, 2.05) is 6.92 Å². The quantitative estimate of drug-likeness (QED) is 0.589. The predicted octanol–water partition coefficient (Wildman–Crippen LogP) is 0.701. The molecule has 0 radical (unpaired) electrons. The first-order valence-corrected chi connectivity index (χ1v) is 3.55. The van der Waals surface area contributed by atoms with Gasteiger partial charge in [-0.25, -0.2) is 0 Å². The molecule has 0 aromatic carbocycles. The van der Waals surface area contributed by atoms with Gasteiger partial charge < -0.3 is 9.94 Å². The van der Waals surface area contributed by atoms with Crippen LogP contribution in [0.15, 0.2) is 18.6 Å². The van der Waals surface area contributed by atoms with Crippen molar-refractivity contribution >= 4 is 0 Å². The summed E-state index contributed by atoms with van der Waals surface area (Å²) < 4.78 is 1.36. The second-order valence-corrected chi connectivity index (χ2v) is 2.35. The summed E-state index contributed by atoms with van der Waals surface area (Å²) in [6.45, 7) is 1.96. The summed E-state index contributed by atoms with van der Waals surface area (Å²) in [5.41, 5.74) is 0.519. The van der Waals surface area contributed by atoms with E-state index in [1.165, 1.54) is 18.6 Å². The van der Waals surface area contributed by atoms with Crippen molar-refractivity contribution in [2.24, 2.45) is 0 Å². The summed E-state index contributed by atoms with van der Waals surface area (Å²) >= 11 is 0. The van der Waals surface area contributed by atoms with Gasteiger partial charge in [0.1, 0.15) is 0 Å². The van der Waals surface area contributed by atoms with Gasteiger partial charge in [0.05, 0.1) is 16.3 Å².